The number of rotatable bonds is 8. The van der Waals surface area contributed by atoms with Crippen LogP contribution in [0.3, 0.4) is 0 Å². The zero-order valence-electron chi connectivity index (χ0n) is 12.8. The fraction of sp³-hybridized carbons (Fsp3) is 1.00. The van der Waals surface area contributed by atoms with E-state index in [4.69, 9.17) is 4.74 Å². The predicted molar refractivity (Wildman–Crippen MR) is 78.1 cm³/mol. The van der Waals surface area contributed by atoms with Crippen LogP contribution in [0.15, 0.2) is 0 Å². The smallest absolute Gasteiger partial charge is 0.0593 e. The third-order valence-corrected chi connectivity index (χ3v) is 4.41. The second-order valence-electron chi connectivity index (χ2n) is 5.63. The van der Waals surface area contributed by atoms with E-state index in [0.29, 0.717) is 11.6 Å². The Morgan fingerprint density at radius 3 is 2.56 bits per heavy atom. The molecule has 0 bridgehead atoms. The number of unbranched alkanes of at least 4 members (excludes halogenated alkanes) is 1. The molecule has 0 spiro atoms. The highest BCUT2D eigenvalue weighted by atomic mass is 16.5. The first-order valence-corrected chi connectivity index (χ1v) is 7.74. The number of hydrogen-bond acceptors (Lipinski definition) is 3. The summed E-state index contributed by atoms with van der Waals surface area (Å²) in [6.07, 6.45) is 4.85. The molecule has 1 N–H and O–H groups in total. The Kier molecular flexibility index (Phi) is 7.20. The summed E-state index contributed by atoms with van der Waals surface area (Å²) in [5.74, 6) is 0. The molecule has 1 aliphatic rings. The number of piperazine rings is 1. The largest absolute Gasteiger partial charge is 0.380 e. The fourth-order valence-electron chi connectivity index (χ4n) is 2.86. The van der Waals surface area contributed by atoms with Crippen molar-refractivity contribution in [3.8, 4) is 0 Å². The van der Waals surface area contributed by atoms with Gasteiger partial charge in [0.05, 0.1) is 6.61 Å². The van der Waals surface area contributed by atoms with Crippen molar-refractivity contribution < 1.29 is 4.74 Å². The molecule has 1 fully saturated rings. The molecular formula is C15H32N2O. The molecule has 3 nitrogen and oxygen atoms in total. The Morgan fingerprint density at radius 1 is 1.22 bits per heavy atom. The summed E-state index contributed by atoms with van der Waals surface area (Å²) in [5, 5.41) is 3.63. The van der Waals surface area contributed by atoms with Gasteiger partial charge in [-0.2, -0.15) is 0 Å². The molecule has 0 radical (unpaired) electrons. The SMILES string of the molecule is CCCCOCCN1CC(C)NCC1(CC)CC. The van der Waals surface area contributed by atoms with E-state index in [2.05, 4.69) is 37.9 Å². The van der Waals surface area contributed by atoms with Gasteiger partial charge < -0.3 is 10.1 Å². The fourth-order valence-corrected chi connectivity index (χ4v) is 2.86. The normalized spacial score (nSPS) is 24.3. The molecule has 1 saturated heterocycles. The van der Waals surface area contributed by atoms with Gasteiger partial charge in [-0.3, -0.25) is 4.90 Å². The Hall–Kier alpha value is -0.120. The van der Waals surface area contributed by atoms with Crippen LogP contribution in [0.2, 0.25) is 0 Å². The highest BCUT2D eigenvalue weighted by Crippen LogP contribution is 2.26. The Bertz CT molecular complexity index is 217. The summed E-state index contributed by atoms with van der Waals surface area (Å²) in [4.78, 5) is 2.65. The molecule has 0 aliphatic carbocycles. The van der Waals surface area contributed by atoms with Crippen LogP contribution < -0.4 is 5.32 Å². The van der Waals surface area contributed by atoms with E-state index in [-0.39, 0.29) is 0 Å². The molecule has 18 heavy (non-hydrogen) atoms. The molecule has 0 aromatic rings. The lowest BCUT2D eigenvalue weighted by atomic mass is 9.87. The van der Waals surface area contributed by atoms with Crippen molar-refractivity contribution in [2.24, 2.45) is 0 Å². The summed E-state index contributed by atoms with van der Waals surface area (Å²) >= 11 is 0. The molecule has 0 aromatic heterocycles. The highest BCUT2D eigenvalue weighted by molar-refractivity contribution is 4.96. The van der Waals surface area contributed by atoms with Crippen molar-refractivity contribution in [1.29, 1.82) is 0 Å². The van der Waals surface area contributed by atoms with Gasteiger partial charge in [-0.25, -0.2) is 0 Å². The summed E-state index contributed by atoms with van der Waals surface area (Å²) < 4.78 is 5.73. The van der Waals surface area contributed by atoms with Gasteiger partial charge in [0.15, 0.2) is 0 Å². The minimum Gasteiger partial charge on any atom is -0.380 e. The molecular weight excluding hydrogens is 224 g/mol. The van der Waals surface area contributed by atoms with Crippen molar-refractivity contribution in [2.45, 2.75) is 65.0 Å². The van der Waals surface area contributed by atoms with Gasteiger partial charge in [0, 0.05) is 37.8 Å². The lowest BCUT2D eigenvalue weighted by molar-refractivity contribution is 0.00668. The molecule has 1 atom stereocenters. The topological polar surface area (TPSA) is 24.5 Å². The van der Waals surface area contributed by atoms with Gasteiger partial charge in [-0.05, 0) is 26.2 Å². The lowest BCUT2D eigenvalue weighted by Gasteiger charge is -2.49. The van der Waals surface area contributed by atoms with E-state index in [1.54, 1.807) is 0 Å². The van der Waals surface area contributed by atoms with Crippen LogP contribution in [0, 0.1) is 0 Å². The van der Waals surface area contributed by atoms with E-state index in [1.165, 1.54) is 25.7 Å². The number of ether oxygens (including phenoxy) is 1. The third kappa shape index (κ3) is 4.22. The van der Waals surface area contributed by atoms with Gasteiger partial charge in [0.25, 0.3) is 0 Å². The van der Waals surface area contributed by atoms with Crippen LogP contribution in [0.4, 0.5) is 0 Å². The molecule has 1 unspecified atom stereocenters. The molecule has 3 heteroatoms. The average Bonchev–Trinajstić information content (AvgIpc) is 2.39. The second-order valence-corrected chi connectivity index (χ2v) is 5.63. The number of hydrogen-bond donors (Lipinski definition) is 1. The molecule has 108 valence electrons. The van der Waals surface area contributed by atoms with Crippen LogP contribution in [-0.4, -0.2) is 49.3 Å². The summed E-state index contributed by atoms with van der Waals surface area (Å²) in [6.45, 7) is 14.3. The standard InChI is InChI=1S/C15H32N2O/c1-5-8-10-18-11-9-17-12-14(4)16-13-15(17,6-2)7-3/h14,16H,5-13H2,1-4H3. The van der Waals surface area contributed by atoms with E-state index in [9.17, 15) is 0 Å². The Morgan fingerprint density at radius 2 is 1.94 bits per heavy atom. The van der Waals surface area contributed by atoms with Crippen molar-refractivity contribution in [3.05, 3.63) is 0 Å². The number of nitrogens with one attached hydrogen (secondary N) is 1. The van der Waals surface area contributed by atoms with E-state index >= 15 is 0 Å². The molecule has 0 amide bonds. The van der Waals surface area contributed by atoms with Crippen molar-refractivity contribution >= 4 is 0 Å². The quantitative estimate of drug-likeness (QED) is 0.676. The minimum atomic E-state index is 0.348. The van der Waals surface area contributed by atoms with Crippen molar-refractivity contribution in [1.82, 2.24) is 10.2 Å². The minimum absolute atomic E-state index is 0.348. The van der Waals surface area contributed by atoms with E-state index in [0.717, 1.165) is 32.8 Å². The van der Waals surface area contributed by atoms with Crippen LogP contribution in [0.25, 0.3) is 0 Å². The summed E-state index contributed by atoms with van der Waals surface area (Å²) in [7, 11) is 0. The maximum absolute atomic E-state index is 5.73. The van der Waals surface area contributed by atoms with Gasteiger partial charge in [-0.1, -0.05) is 27.2 Å². The van der Waals surface area contributed by atoms with Crippen molar-refractivity contribution in [3.63, 3.8) is 0 Å². The first kappa shape index (κ1) is 15.9. The van der Waals surface area contributed by atoms with Gasteiger partial charge >= 0.3 is 0 Å². The molecule has 0 aromatic carbocycles. The predicted octanol–water partition coefficient (Wildman–Crippen LogP) is 2.66. The summed E-state index contributed by atoms with van der Waals surface area (Å²) in [6, 6.07) is 0.604. The highest BCUT2D eigenvalue weighted by Gasteiger charge is 2.37. The van der Waals surface area contributed by atoms with Crippen LogP contribution in [0.1, 0.15) is 53.4 Å². The number of nitrogens with zero attached hydrogens (tertiary/aromatic N) is 1. The molecule has 1 heterocycles. The monoisotopic (exact) mass is 256 g/mol. The first-order valence-electron chi connectivity index (χ1n) is 7.74. The van der Waals surface area contributed by atoms with Crippen LogP contribution in [-0.2, 0) is 4.74 Å². The zero-order chi connectivity index (χ0) is 13.4. The zero-order valence-corrected chi connectivity index (χ0v) is 12.8. The van der Waals surface area contributed by atoms with Gasteiger partial charge in [0.2, 0.25) is 0 Å². The Labute approximate surface area is 113 Å². The average molecular weight is 256 g/mol. The molecule has 1 aliphatic heterocycles. The van der Waals surface area contributed by atoms with Crippen LogP contribution in [0.5, 0.6) is 0 Å². The first-order chi connectivity index (χ1) is 8.68. The third-order valence-electron chi connectivity index (χ3n) is 4.41. The second kappa shape index (κ2) is 8.13. The van der Waals surface area contributed by atoms with E-state index < -0.39 is 0 Å². The maximum Gasteiger partial charge on any atom is 0.0593 e. The summed E-state index contributed by atoms with van der Waals surface area (Å²) in [5.41, 5.74) is 0.348. The maximum atomic E-state index is 5.73. The van der Waals surface area contributed by atoms with E-state index in [1.807, 2.05) is 0 Å². The lowest BCUT2D eigenvalue weighted by Crippen LogP contribution is -2.64. The van der Waals surface area contributed by atoms with Crippen LogP contribution >= 0.6 is 0 Å². The molecule has 0 saturated carbocycles. The Balaban J connectivity index is 2.41. The van der Waals surface area contributed by atoms with Gasteiger partial charge in [0.1, 0.15) is 0 Å². The van der Waals surface area contributed by atoms with Gasteiger partial charge in [-0.15, -0.1) is 0 Å². The molecule has 1 rings (SSSR count). The van der Waals surface area contributed by atoms with Crippen molar-refractivity contribution in [2.75, 3.05) is 32.8 Å².